The second-order valence-corrected chi connectivity index (χ2v) is 5.54. The molecule has 2 rings (SSSR count). The molecule has 0 radical (unpaired) electrons. The van der Waals surface area contributed by atoms with Crippen molar-refractivity contribution in [2.24, 2.45) is 5.92 Å². The normalized spacial score (nSPS) is 11.5. The van der Waals surface area contributed by atoms with Gasteiger partial charge in [-0.05, 0) is 18.1 Å². The molecule has 0 saturated heterocycles. The lowest BCUT2D eigenvalue weighted by Gasteiger charge is -2.06. The van der Waals surface area contributed by atoms with Gasteiger partial charge >= 0.3 is 0 Å². The van der Waals surface area contributed by atoms with E-state index in [1.165, 1.54) is 0 Å². The van der Waals surface area contributed by atoms with Crippen molar-refractivity contribution in [1.82, 2.24) is 4.98 Å². The highest BCUT2D eigenvalue weighted by atomic mass is 16.3. The summed E-state index contributed by atoms with van der Waals surface area (Å²) in [6.07, 6.45) is 0.520. The van der Waals surface area contributed by atoms with E-state index in [0.29, 0.717) is 17.9 Å². The topological polar surface area (TPSA) is 55.1 Å². The van der Waals surface area contributed by atoms with Gasteiger partial charge in [-0.1, -0.05) is 27.7 Å². The Kier molecular flexibility index (Phi) is 3.88. The van der Waals surface area contributed by atoms with E-state index < -0.39 is 0 Å². The molecule has 0 bridgehead atoms. The minimum absolute atomic E-state index is 0.0259. The van der Waals surface area contributed by atoms with Gasteiger partial charge in [0.15, 0.2) is 11.5 Å². The van der Waals surface area contributed by atoms with Crippen LogP contribution in [0.2, 0.25) is 0 Å². The van der Waals surface area contributed by atoms with Crippen molar-refractivity contribution in [3.05, 3.63) is 24.1 Å². The van der Waals surface area contributed by atoms with Crippen molar-refractivity contribution < 1.29 is 9.21 Å². The van der Waals surface area contributed by atoms with E-state index in [9.17, 15) is 4.79 Å². The third-order valence-electron chi connectivity index (χ3n) is 2.78. The molecule has 1 aromatic carbocycles. The number of rotatable bonds is 4. The monoisotopic (exact) mass is 260 g/mol. The third kappa shape index (κ3) is 3.34. The molecule has 0 aliphatic heterocycles. The molecule has 4 heteroatoms. The number of hydrogen-bond donors (Lipinski definition) is 1. The summed E-state index contributed by atoms with van der Waals surface area (Å²) in [7, 11) is 0. The number of oxazole rings is 1. The predicted molar refractivity (Wildman–Crippen MR) is 76.2 cm³/mol. The zero-order valence-corrected chi connectivity index (χ0v) is 11.9. The van der Waals surface area contributed by atoms with Crippen LogP contribution in [-0.2, 0) is 4.79 Å². The molecule has 0 atom stereocenters. The van der Waals surface area contributed by atoms with Crippen molar-refractivity contribution in [3.8, 4) is 0 Å². The van der Waals surface area contributed by atoms with Crippen LogP contribution >= 0.6 is 0 Å². The zero-order valence-electron chi connectivity index (χ0n) is 11.9. The van der Waals surface area contributed by atoms with Crippen LogP contribution in [0.1, 0.15) is 45.9 Å². The summed E-state index contributed by atoms with van der Waals surface area (Å²) in [5.74, 6) is 1.35. The molecule has 0 aliphatic carbocycles. The van der Waals surface area contributed by atoms with E-state index >= 15 is 0 Å². The van der Waals surface area contributed by atoms with E-state index in [-0.39, 0.29) is 11.8 Å². The highest BCUT2D eigenvalue weighted by Gasteiger charge is 2.11. The van der Waals surface area contributed by atoms with Crippen LogP contribution in [0.5, 0.6) is 0 Å². The number of amides is 1. The van der Waals surface area contributed by atoms with E-state index in [0.717, 1.165) is 17.1 Å². The molecule has 0 saturated carbocycles. The van der Waals surface area contributed by atoms with Crippen LogP contribution < -0.4 is 5.32 Å². The first kappa shape index (κ1) is 13.6. The molecular weight excluding hydrogens is 240 g/mol. The van der Waals surface area contributed by atoms with Crippen LogP contribution in [0, 0.1) is 5.92 Å². The lowest BCUT2D eigenvalue weighted by atomic mass is 10.1. The van der Waals surface area contributed by atoms with Crippen molar-refractivity contribution in [2.45, 2.75) is 40.0 Å². The number of nitrogens with one attached hydrogen (secondary N) is 1. The molecule has 2 aromatic rings. The van der Waals surface area contributed by atoms with Crippen LogP contribution in [-0.4, -0.2) is 10.9 Å². The number of nitrogens with zero attached hydrogens (tertiary/aromatic N) is 1. The summed E-state index contributed by atoms with van der Waals surface area (Å²) in [5.41, 5.74) is 2.29. The number of carbonyl (C=O) groups is 1. The van der Waals surface area contributed by atoms with E-state index in [1.807, 2.05) is 45.9 Å². The number of hydrogen-bond acceptors (Lipinski definition) is 3. The maximum absolute atomic E-state index is 11.7. The highest BCUT2D eigenvalue weighted by Crippen LogP contribution is 2.24. The Hall–Kier alpha value is -1.84. The molecule has 102 valence electrons. The Bertz CT molecular complexity index is 585. The van der Waals surface area contributed by atoms with Gasteiger partial charge in [-0.2, -0.15) is 0 Å². The van der Waals surface area contributed by atoms with Gasteiger partial charge in [0.25, 0.3) is 0 Å². The maximum atomic E-state index is 11.7. The fourth-order valence-corrected chi connectivity index (χ4v) is 1.85. The van der Waals surface area contributed by atoms with Gasteiger partial charge in [0, 0.05) is 24.1 Å². The number of carbonyl (C=O) groups excluding carboxylic acids is 1. The third-order valence-corrected chi connectivity index (χ3v) is 2.78. The molecule has 0 aliphatic rings. The summed E-state index contributed by atoms with van der Waals surface area (Å²) >= 11 is 0. The molecule has 1 N–H and O–H groups in total. The second-order valence-electron chi connectivity index (χ2n) is 5.54. The standard InChI is InChI=1S/C15H20N2O2/c1-9(2)7-14(18)16-11-5-6-12-13(8-11)19-15(17-12)10(3)4/h5-6,8-10H,7H2,1-4H3,(H,16,18). The molecule has 19 heavy (non-hydrogen) atoms. The van der Waals surface area contributed by atoms with Crippen LogP contribution in [0.15, 0.2) is 22.6 Å². The summed E-state index contributed by atoms with van der Waals surface area (Å²) in [6, 6.07) is 5.55. The Balaban J connectivity index is 2.19. The number of fused-ring (bicyclic) bond motifs is 1. The average Bonchev–Trinajstić information content (AvgIpc) is 2.70. The first-order valence-electron chi connectivity index (χ1n) is 6.66. The Morgan fingerprint density at radius 1 is 1.32 bits per heavy atom. The minimum atomic E-state index is 0.0259. The number of benzene rings is 1. The second kappa shape index (κ2) is 5.43. The summed E-state index contributed by atoms with van der Waals surface area (Å²) < 4.78 is 5.67. The molecule has 0 unspecified atom stereocenters. The fraction of sp³-hybridized carbons (Fsp3) is 0.467. The maximum Gasteiger partial charge on any atom is 0.224 e. The highest BCUT2D eigenvalue weighted by molar-refractivity contribution is 5.92. The summed E-state index contributed by atoms with van der Waals surface area (Å²) in [4.78, 5) is 16.1. The number of anilines is 1. The Morgan fingerprint density at radius 3 is 2.68 bits per heavy atom. The van der Waals surface area contributed by atoms with E-state index in [2.05, 4.69) is 10.3 Å². The lowest BCUT2D eigenvalue weighted by Crippen LogP contribution is -2.13. The van der Waals surface area contributed by atoms with E-state index in [1.54, 1.807) is 0 Å². The zero-order chi connectivity index (χ0) is 14.0. The fourth-order valence-electron chi connectivity index (χ4n) is 1.85. The van der Waals surface area contributed by atoms with Crippen molar-refractivity contribution in [3.63, 3.8) is 0 Å². The molecule has 0 spiro atoms. The molecular formula is C15H20N2O2. The first-order chi connectivity index (χ1) is 8.95. The van der Waals surface area contributed by atoms with Crippen molar-refractivity contribution >= 4 is 22.7 Å². The van der Waals surface area contributed by atoms with Gasteiger partial charge in [-0.15, -0.1) is 0 Å². The quantitative estimate of drug-likeness (QED) is 0.906. The van der Waals surface area contributed by atoms with Gasteiger partial charge in [0.2, 0.25) is 5.91 Å². The number of aromatic nitrogens is 1. The Labute approximate surface area is 113 Å². The van der Waals surface area contributed by atoms with Gasteiger partial charge < -0.3 is 9.73 Å². The largest absolute Gasteiger partial charge is 0.440 e. The van der Waals surface area contributed by atoms with Gasteiger partial charge in [-0.3, -0.25) is 4.79 Å². The summed E-state index contributed by atoms with van der Waals surface area (Å²) in [5, 5.41) is 2.88. The molecule has 0 fully saturated rings. The predicted octanol–water partition coefficient (Wildman–Crippen LogP) is 3.94. The van der Waals surface area contributed by atoms with Gasteiger partial charge in [-0.25, -0.2) is 4.98 Å². The molecule has 4 nitrogen and oxygen atoms in total. The first-order valence-corrected chi connectivity index (χ1v) is 6.66. The summed E-state index contributed by atoms with van der Waals surface area (Å²) in [6.45, 7) is 8.12. The lowest BCUT2D eigenvalue weighted by molar-refractivity contribution is -0.116. The van der Waals surface area contributed by atoms with Crippen LogP contribution in [0.3, 0.4) is 0 Å². The van der Waals surface area contributed by atoms with E-state index in [4.69, 9.17) is 4.42 Å². The SMILES string of the molecule is CC(C)CC(=O)Nc1ccc2nc(C(C)C)oc2c1. The molecule has 1 aromatic heterocycles. The van der Waals surface area contributed by atoms with Gasteiger partial charge in [0.1, 0.15) is 5.52 Å². The Morgan fingerprint density at radius 2 is 2.05 bits per heavy atom. The molecule has 1 heterocycles. The van der Waals surface area contributed by atoms with Crippen LogP contribution in [0.4, 0.5) is 5.69 Å². The van der Waals surface area contributed by atoms with Crippen molar-refractivity contribution in [2.75, 3.05) is 5.32 Å². The van der Waals surface area contributed by atoms with Crippen molar-refractivity contribution in [1.29, 1.82) is 0 Å². The van der Waals surface area contributed by atoms with Gasteiger partial charge in [0.05, 0.1) is 0 Å². The average molecular weight is 260 g/mol. The van der Waals surface area contributed by atoms with Crippen LogP contribution in [0.25, 0.3) is 11.1 Å². The molecule has 1 amide bonds. The minimum Gasteiger partial charge on any atom is -0.440 e. The smallest absolute Gasteiger partial charge is 0.224 e.